The third kappa shape index (κ3) is 2.61. The van der Waals surface area contributed by atoms with E-state index in [1.54, 1.807) is 24.3 Å². The molecule has 1 aromatic rings. The number of halogens is 1. The Kier molecular flexibility index (Phi) is 3.91. The molecule has 1 saturated heterocycles. The van der Waals surface area contributed by atoms with Crippen molar-refractivity contribution >= 4 is 29.3 Å². The highest BCUT2D eigenvalue weighted by molar-refractivity contribution is 6.31. The van der Waals surface area contributed by atoms with Gasteiger partial charge in [0, 0.05) is 10.6 Å². The maximum atomic E-state index is 12.6. The van der Waals surface area contributed by atoms with E-state index in [0.29, 0.717) is 23.4 Å². The molecule has 1 heterocycles. The summed E-state index contributed by atoms with van der Waals surface area (Å²) in [5.41, 5.74) is -0.387. The number of hydrogen-bond donors (Lipinski definition) is 1. The third-order valence-corrected chi connectivity index (χ3v) is 4.64. The van der Waals surface area contributed by atoms with Crippen molar-refractivity contribution in [3.63, 3.8) is 0 Å². The highest BCUT2D eigenvalue weighted by Crippen LogP contribution is 2.33. The minimum absolute atomic E-state index is 0.243. The summed E-state index contributed by atoms with van der Waals surface area (Å²) in [6, 6.07) is 6.04. The van der Waals surface area contributed by atoms with Gasteiger partial charge in [0.05, 0.1) is 6.54 Å². The van der Waals surface area contributed by atoms with Crippen LogP contribution in [-0.4, -0.2) is 34.7 Å². The number of rotatable bonds is 3. The average molecular weight is 321 g/mol. The number of ketones is 1. The van der Waals surface area contributed by atoms with E-state index >= 15 is 0 Å². The van der Waals surface area contributed by atoms with Crippen molar-refractivity contribution in [3.05, 3.63) is 34.9 Å². The lowest BCUT2D eigenvalue weighted by Gasteiger charge is -2.30. The van der Waals surface area contributed by atoms with Crippen LogP contribution in [0.2, 0.25) is 5.02 Å². The predicted molar refractivity (Wildman–Crippen MR) is 81.8 cm³/mol. The van der Waals surface area contributed by atoms with Crippen LogP contribution in [0.3, 0.4) is 0 Å². The van der Waals surface area contributed by atoms with Gasteiger partial charge in [-0.2, -0.15) is 0 Å². The van der Waals surface area contributed by atoms with Crippen LogP contribution in [-0.2, 0) is 4.79 Å². The molecule has 3 amide bonds. The Hall–Kier alpha value is -1.88. The number of nitrogens with one attached hydrogen (secondary N) is 1. The second kappa shape index (κ2) is 5.72. The van der Waals surface area contributed by atoms with Gasteiger partial charge in [0.1, 0.15) is 5.54 Å². The lowest BCUT2D eigenvalue weighted by Crippen LogP contribution is -2.48. The van der Waals surface area contributed by atoms with Crippen LogP contribution >= 0.6 is 11.6 Å². The van der Waals surface area contributed by atoms with Crippen molar-refractivity contribution < 1.29 is 14.4 Å². The first-order valence-electron chi connectivity index (χ1n) is 7.45. The van der Waals surface area contributed by atoms with Crippen LogP contribution in [0.5, 0.6) is 0 Å². The molecule has 1 spiro atoms. The molecule has 1 N–H and O–H groups in total. The molecule has 0 bridgehead atoms. The highest BCUT2D eigenvalue weighted by Gasteiger charge is 2.51. The van der Waals surface area contributed by atoms with Crippen molar-refractivity contribution in [2.24, 2.45) is 0 Å². The minimum atomic E-state index is -0.788. The summed E-state index contributed by atoms with van der Waals surface area (Å²) in [7, 11) is 0. The topological polar surface area (TPSA) is 66.5 Å². The van der Waals surface area contributed by atoms with E-state index in [9.17, 15) is 14.4 Å². The number of carbonyl (C=O) groups is 3. The van der Waals surface area contributed by atoms with Crippen molar-refractivity contribution in [1.29, 1.82) is 0 Å². The molecule has 5 nitrogen and oxygen atoms in total. The molecule has 116 valence electrons. The molecule has 1 aliphatic carbocycles. The van der Waals surface area contributed by atoms with Gasteiger partial charge in [0.2, 0.25) is 0 Å². The first-order chi connectivity index (χ1) is 10.5. The quantitative estimate of drug-likeness (QED) is 0.688. The van der Waals surface area contributed by atoms with Gasteiger partial charge in [-0.1, -0.05) is 43.0 Å². The summed E-state index contributed by atoms with van der Waals surface area (Å²) >= 11 is 5.87. The zero-order valence-electron chi connectivity index (χ0n) is 12.1. The largest absolute Gasteiger partial charge is 0.325 e. The number of imide groups is 1. The number of urea groups is 1. The highest BCUT2D eigenvalue weighted by atomic mass is 35.5. The third-order valence-electron chi connectivity index (χ3n) is 4.40. The van der Waals surface area contributed by atoms with Crippen molar-refractivity contribution in [3.8, 4) is 0 Å². The van der Waals surface area contributed by atoms with E-state index in [-0.39, 0.29) is 18.2 Å². The molecule has 0 atom stereocenters. The smallest absolute Gasteiger partial charge is 0.323 e. The molecule has 1 aromatic carbocycles. The Morgan fingerprint density at radius 3 is 2.64 bits per heavy atom. The second-order valence-electron chi connectivity index (χ2n) is 5.90. The Bertz CT molecular complexity index is 638. The first kappa shape index (κ1) is 15.0. The standard InChI is InChI=1S/C16H17ClN2O3/c17-12-6-4-5-11(9-12)13(20)10-19-14(21)16(18-15(19)22)7-2-1-3-8-16/h4-6,9H,1-3,7-8,10H2,(H,18,22). The number of hydrogen-bond acceptors (Lipinski definition) is 3. The number of benzene rings is 1. The summed E-state index contributed by atoms with van der Waals surface area (Å²) in [5.74, 6) is -0.563. The second-order valence-corrected chi connectivity index (χ2v) is 6.33. The average Bonchev–Trinajstić information content (AvgIpc) is 2.72. The fourth-order valence-corrected chi connectivity index (χ4v) is 3.40. The molecule has 3 rings (SSSR count). The molecule has 0 unspecified atom stereocenters. The zero-order valence-corrected chi connectivity index (χ0v) is 12.9. The monoisotopic (exact) mass is 320 g/mol. The van der Waals surface area contributed by atoms with Gasteiger partial charge in [-0.15, -0.1) is 0 Å². The van der Waals surface area contributed by atoms with Crippen LogP contribution in [0, 0.1) is 0 Å². The van der Waals surface area contributed by atoms with Gasteiger partial charge in [-0.3, -0.25) is 14.5 Å². The SMILES string of the molecule is O=C(CN1C(=O)NC2(CCCCC2)C1=O)c1cccc(Cl)c1. The van der Waals surface area contributed by atoms with Gasteiger partial charge in [-0.05, 0) is 25.0 Å². The predicted octanol–water partition coefficient (Wildman–Crippen LogP) is 2.78. The molecular formula is C16H17ClN2O3. The molecular weight excluding hydrogens is 304 g/mol. The van der Waals surface area contributed by atoms with E-state index in [4.69, 9.17) is 11.6 Å². The van der Waals surface area contributed by atoms with Crippen molar-refractivity contribution in [2.45, 2.75) is 37.6 Å². The Morgan fingerprint density at radius 2 is 1.95 bits per heavy atom. The van der Waals surface area contributed by atoms with Gasteiger partial charge < -0.3 is 5.32 Å². The van der Waals surface area contributed by atoms with Crippen molar-refractivity contribution in [2.75, 3.05) is 6.54 Å². The number of carbonyl (C=O) groups excluding carboxylic acids is 3. The lowest BCUT2D eigenvalue weighted by atomic mass is 9.82. The van der Waals surface area contributed by atoms with E-state index in [0.717, 1.165) is 24.2 Å². The van der Waals surface area contributed by atoms with E-state index in [1.165, 1.54) is 0 Å². The Morgan fingerprint density at radius 1 is 1.23 bits per heavy atom. The molecule has 6 heteroatoms. The van der Waals surface area contributed by atoms with E-state index in [2.05, 4.69) is 5.32 Å². The van der Waals surface area contributed by atoms with Crippen LogP contribution in [0.1, 0.15) is 42.5 Å². The van der Waals surface area contributed by atoms with Crippen molar-refractivity contribution in [1.82, 2.24) is 10.2 Å². The number of amides is 3. The first-order valence-corrected chi connectivity index (χ1v) is 7.82. The summed E-state index contributed by atoms with van der Waals surface area (Å²) in [5, 5.41) is 3.25. The molecule has 22 heavy (non-hydrogen) atoms. The summed E-state index contributed by atoms with van der Waals surface area (Å²) < 4.78 is 0. The molecule has 0 aromatic heterocycles. The zero-order chi connectivity index (χ0) is 15.7. The fourth-order valence-electron chi connectivity index (χ4n) is 3.21. The maximum absolute atomic E-state index is 12.6. The summed E-state index contributed by atoms with van der Waals surface area (Å²) in [6.07, 6.45) is 4.22. The minimum Gasteiger partial charge on any atom is -0.323 e. The van der Waals surface area contributed by atoms with Gasteiger partial charge in [-0.25, -0.2) is 4.79 Å². The van der Waals surface area contributed by atoms with E-state index in [1.807, 2.05) is 0 Å². The number of Topliss-reactive ketones (excluding diaryl/α,β-unsaturated/α-hetero) is 1. The van der Waals surface area contributed by atoms with E-state index < -0.39 is 11.6 Å². The Balaban J connectivity index is 1.76. The lowest BCUT2D eigenvalue weighted by molar-refractivity contribution is -0.132. The molecule has 1 saturated carbocycles. The van der Waals surface area contributed by atoms with Gasteiger partial charge in [0.15, 0.2) is 5.78 Å². The summed E-state index contributed by atoms with van der Waals surface area (Å²) in [6.45, 7) is -0.243. The van der Waals surface area contributed by atoms with Crippen LogP contribution < -0.4 is 5.32 Å². The normalized spacial score (nSPS) is 20.3. The molecule has 0 radical (unpaired) electrons. The Labute approximate surface area is 133 Å². The summed E-state index contributed by atoms with van der Waals surface area (Å²) in [4.78, 5) is 38.0. The molecule has 1 aliphatic heterocycles. The van der Waals surface area contributed by atoms with Crippen LogP contribution in [0.25, 0.3) is 0 Å². The van der Waals surface area contributed by atoms with Gasteiger partial charge in [0.25, 0.3) is 5.91 Å². The maximum Gasteiger partial charge on any atom is 0.325 e. The molecule has 2 aliphatic rings. The van der Waals surface area contributed by atoms with Gasteiger partial charge >= 0.3 is 6.03 Å². The number of nitrogens with zero attached hydrogens (tertiary/aromatic N) is 1. The van der Waals surface area contributed by atoms with Crippen LogP contribution in [0.4, 0.5) is 4.79 Å². The van der Waals surface area contributed by atoms with Crippen LogP contribution in [0.15, 0.2) is 24.3 Å². The molecule has 2 fully saturated rings. The fraction of sp³-hybridized carbons (Fsp3) is 0.438.